The molecule has 1 amide bonds. The van der Waals surface area contributed by atoms with Gasteiger partial charge in [0.05, 0.1) is 12.1 Å². The van der Waals surface area contributed by atoms with Crippen LogP contribution >= 0.6 is 15.9 Å². The molecule has 1 aromatic rings. The van der Waals surface area contributed by atoms with Gasteiger partial charge in [-0.15, -0.1) is 0 Å². The molecule has 0 aromatic heterocycles. The van der Waals surface area contributed by atoms with Gasteiger partial charge in [0.25, 0.3) is 5.72 Å². The van der Waals surface area contributed by atoms with E-state index in [1.54, 1.807) is 24.3 Å². The molecule has 0 aliphatic carbocycles. The van der Waals surface area contributed by atoms with Crippen molar-refractivity contribution in [2.24, 2.45) is 5.10 Å². The van der Waals surface area contributed by atoms with E-state index < -0.39 is 18.3 Å². The van der Waals surface area contributed by atoms with Crippen LogP contribution in [0.5, 0.6) is 0 Å². The largest absolute Gasteiger partial charge is 0.438 e. The molecule has 8 heteroatoms. The zero-order valence-corrected chi connectivity index (χ0v) is 10.9. The van der Waals surface area contributed by atoms with Crippen LogP contribution in [0.3, 0.4) is 0 Å². The molecule has 0 bridgehead atoms. The molecular weight excluding hydrogens is 329 g/mol. The van der Waals surface area contributed by atoms with Gasteiger partial charge in [-0.25, -0.2) is 0 Å². The Morgan fingerprint density at radius 1 is 1.37 bits per heavy atom. The SMILES string of the molecule is O=CN1N=C(c2ccc(Br)cc2)C[C@@]1(O)C(F)(F)F. The second kappa shape index (κ2) is 4.61. The molecule has 0 unspecified atom stereocenters. The molecule has 0 spiro atoms. The highest BCUT2D eigenvalue weighted by molar-refractivity contribution is 9.10. The summed E-state index contributed by atoms with van der Waals surface area (Å²) in [6, 6.07) is 6.37. The van der Waals surface area contributed by atoms with Crippen molar-refractivity contribution >= 4 is 28.1 Å². The van der Waals surface area contributed by atoms with Crippen LogP contribution in [0.2, 0.25) is 0 Å². The maximum Gasteiger partial charge on any atom is 0.438 e. The van der Waals surface area contributed by atoms with E-state index in [1.807, 2.05) is 0 Å². The fraction of sp³-hybridized carbons (Fsp3) is 0.273. The third-order valence-corrected chi connectivity index (χ3v) is 3.28. The number of halogens is 4. The highest BCUT2D eigenvalue weighted by atomic mass is 79.9. The molecule has 1 aliphatic heterocycles. The molecule has 19 heavy (non-hydrogen) atoms. The fourth-order valence-electron chi connectivity index (χ4n) is 1.71. The van der Waals surface area contributed by atoms with Gasteiger partial charge < -0.3 is 5.11 Å². The summed E-state index contributed by atoms with van der Waals surface area (Å²) in [5.41, 5.74) is -2.87. The number of benzene rings is 1. The monoisotopic (exact) mass is 336 g/mol. The lowest BCUT2D eigenvalue weighted by atomic mass is 10.0. The van der Waals surface area contributed by atoms with Gasteiger partial charge in [0.1, 0.15) is 0 Å². The third-order valence-electron chi connectivity index (χ3n) is 2.75. The van der Waals surface area contributed by atoms with Crippen LogP contribution in [0.4, 0.5) is 13.2 Å². The number of hydrogen-bond acceptors (Lipinski definition) is 3. The van der Waals surface area contributed by atoms with Gasteiger partial charge in [-0.3, -0.25) is 4.79 Å². The first-order valence-electron chi connectivity index (χ1n) is 5.15. The van der Waals surface area contributed by atoms with Gasteiger partial charge in [0, 0.05) is 4.47 Å². The Balaban J connectivity index is 2.36. The lowest BCUT2D eigenvalue weighted by Crippen LogP contribution is -2.54. The van der Waals surface area contributed by atoms with Gasteiger partial charge in [-0.2, -0.15) is 23.3 Å². The molecule has 1 aliphatic rings. The lowest BCUT2D eigenvalue weighted by molar-refractivity contribution is -0.299. The number of alkyl halides is 3. The van der Waals surface area contributed by atoms with Crippen molar-refractivity contribution in [2.45, 2.75) is 18.3 Å². The molecule has 1 atom stereocenters. The molecule has 1 N–H and O–H groups in total. The predicted molar refractivity (Wildman–Crippen MR) is 64.2 cm³/mol. The van der Waals surface area contributed by atoms with Crippen LogP contribution in [-0.2, 0) is 4.79 Å². The molecule has 1 aromatic carbocycles. The minimum atomic E-state index is -4.98. The van der Waals surface area contributed by atoms with E-state index in [0.717, 1.165) is 4.47 Å². The van der Waals surface area contributed by atoms with Gasteiger partial charge in [0.15, 0.2) is 0 Å². The maximum absolute atomic E-state index is 12.8. The number of carbonyl (C=O) groups excluding carboxylic acids is 1. The molecule has 1 heterocycles. The summed E-state index contributed by atoms with van der Waals surface area (Å²) in [5.74, 6) is 0. The smallest absolute Gasteiger partial charge is 0.362 e. The van der Waals surface area contributed by atoms with Crippen LogP contribution in [0.15, 0.2) is 33.8 Å². The zero-order valence-electron chi connectivity index (χ0n) is 9.36. The third kappa shape index (κ3) is 2.37. The molecule has 0 saturated heterocycles. The standard InChI is InChI=1S/C11H8BrF3N2O2/c12-8-3-1-7(2-4-8)9-5-10(19,11(13,14)15)17(6-18)16-9/h1-4,6,19H,5H2/t10-/m1/s1. The van der Waals surface area contributed by atoms with E-state index in [9.17, 15) is 23.1 Å². The molecule has 0 saturated carbocycles. The number of hydrogen-bond donors (Lipinski definition) is 1. The summed E-state index contributed by atoms with van der Waals surface area (Å²) in [6.45, 7) is 0. The minimum absolute atomic E-state index is 0.000532. The Kier molecular flexibility index (Phi) is 3.40. The molecule has 4 nitrogen and oxygen atoms in total. The molecular formula is C11H8BrF3N2O2. The maximum atomic E-state index is 12.8. The predicted octanol–water partition coefficient (Wildman–Crippen LogP) is 2.27. The van der Waals surface area contributed by atoms with E-state index in [2.05, 4.69) is 21.0 Å². The Hall–Kier alpha value is -1.41. The quantitative estimate of drug-likeness (QED) is 0.842. The molecule has 0 fully saturated rings. The van der Waals surface area contributed by atoms with Crippen molar-refractivity contribution in [1.82, 2.24) is 5.01 Å². The highest BCUT2D eigenvalue weighted by Gasteiger charge is 2.61. The van der Waals surface area contributed by atoms with Crippen LogP contribution in [0.25, 0.3) is 0 Å². The van der Waals surface area contributed by atoms with E-state index in [4.69, 9.17) is 0 Å². The second-order valence-electron chi connectivity index (χ2n) is 3.99. The van der Waals surface area contributed by atoms with Gasteiger partial charge in [-0.05, 0) is 17.7 Å². The summed E-state index contributed by atoms with van der Waals surface area (Å²) in [4.78, 5) is 10.7. The lowest BCUT2D eigenvalue weighted by Gasteiger charge is -2.29. The normalized spacial score (nSPS) is 23.4. The zero-order chi connectivity index (χ0) is 14.3. The Labute approximate surface area is 114 Å². The molecule has 2 rings (SSSR count). The first-order valence-corrected chi connectivity index (χ1v) is 5.94. The summed E-state index contributed by atoms with van der Waals surface area (Å²) >= 11 is 3.20. The van der Waals surface area contributed by atoms with Gasteiger partial charge in [-0.1, -0.05) is 28.1 Å². The minimum Gasteiger partial charge on any atom is -0.362 e. The average molecular weight is 337 g/mol. The van der Waals surface area contributed by atoms with Crippen molar-refractivity contribution in [3.05, 3.63) is 34.3 Å². The van der Waals surface area contributed by atoms with Crippen LogP contribution < -0.4 is 0 Å². The number of hydrazone groups is 1. The van der Waals surface area contributed by atoms with Crippen molar-refractivity contribution in [1.29, 1.82) is 0 Å². The van der Waals surface area contributed by atoms with Crippen molar-refractivity contribution in [2.75, 3.05) is 0 Å². The van der Waals surface area contributed by atoms with Crippen molar-refractivity contribution < 1.29 is 23.1 Å². The summed E-state index contributed by atoms with van der Waals surface area (Å²) in [7, 11) is 0. The van der Waals surface area contributed by atoms with E-state index in [-0.39, 0.29) is 17.1 Å². The average Bonchev–Trinajstić information content (AvgIpc) is 2.68. The van der Waals surface area contributed by atoms with Crippen LogP contribution in [0, 0.1) is 0 Å². The summed E-state index contributed by atoms with van der Waals surface area (Å²) in [6.07, 6.45) is -5.91. The van der Waals surface area contributed by atoms with E-state index in [0.29, 0.717) is 5.56 Å². The van der Waals surface area contributed by atoms with Crippen LogP contribution in [0.1, 0.15) is 12.0 Å². The number of nitrogens with zero attached hydrogens (tertiary/aromatic N) is 2. The highest BCUT2D eigenvalue weighted by Crippen LogP contribution is 2.40. The number of aliphatic hydroxyl groups is 1. The van der Waals surface area contributed by atoms with Gasteiger partial charge >= 0.3 is 6.18 Å². The number of amides is 1. The molecule has 102 valence electrons. The van der Waals surface area contributed by atoms with Crippen molar-refractivity contribution in [3.8, 4) is 0 Å². The van der Waals surface area contributed by atoms with E-state index >= 15 is 0 Å². The summed E-state index contributed by atoms with van der Waals surface area (Å²) < 4.78 is 39.2. The number of rotatable bonds is 2. The Morgan fingerprint density at radius 3 is 2.37 bits per heavy atom. The fourth-order valence-corrected chi connectivity index (χ4v) is 1.97. The Morgan fingerprint density at radius 2 is 1.95 bits per heavy atom. The Bertz CT molecular complexity index is 530. The number of carbonyl (C=O) groups is 1. The van der Waals surface area contributed by atoms with Gasteiger partial charge in [0.2, 0.25) is 6.41 Å². The van der Waals surface area contributed by atoms with E-state index in [1.165, 1.54) is 0 Å². The van der Waals surface area contributed by atoms with Crippen molar-refractivity contribution in [3.63, 3.8) is 0 Å². The topological polar surface area (TPSA) is 52.9 Å². The molecule has 0 radical (unpaired) electrons. The first-order chi connectivity index (χ1) is 8.78. The second-order valence-corrected chi connectivity index (χ2v) is 4.91. The summed E-state index contributed by atoms with van der Waals surface area (Å²) in [5, 5.41) is 13.1. The first kappa shape index (κ1) is 14.0. The van der Waals surface area contributed by atoms with Crippen LogP contribution in [-0.4, -0.2) is 34.1 Å².